The summed E-state index contributed by atoms with van der Waals surface area (Å²) in [5.74, 6) is 0. The number of aromatic nitrogens is 2. The summed E-state index contributed by atoms with van der Waals surface area (Å²) >= 11 is 0. The van der Waals surface area contributed by atoms with E-state index in [1.807, 2.05) is 24.5 Å². The molecule has 2 heterocycles. The first-order valence-electron chi connectivity index (χ1n) is 7.48. The fraction of sp³-hybridized carbons (Fsp3) is 0.412. The number of nitrogens with zero attached hydrogens (tertiary/aromatic N) is 2. The maximum atomic E-state index is 4.57. The predicted octanol–water partition coefficient (Wildman–Crippen LogP) is 3.21. The third-order valence-electron chi connectivity index (χ3n) is 4.08. The smallest absolute Gasteiger partial charge is 0.0605 e. The summed E-state index contributed by atoms with van der Waals surface area (Å²) in [7, 11) is 0. The first-order valence-corrected chi connectivity index (χ1v) is 7.48. The minimum Gasteiger partial charge on any atom is -0.303 e. The summed E-state index contributed by atoms with van der Waals surface area (Å²) in [4.78, 5) is 9.08. The van der Waals surface area contributed by atoms with Gasteiger partial charge in [0.05, 0.1) is 17.4 Å². The Morgan fingerprint density at radius 1 is 1.20 bits per heavy atom. The molecule has 0 amide bonds. The van der Waals surface area contributed by atoms with Gasteiger partial charge in [-0.3, -0.25) is 9.97 Å². The van der Waals surface area contributed by atoms with E-state index in [1.165, 1.54) is 23.2 Å². The molecule has 0 aliphatic heterocycles. The first-order chi connectivity index (χ1) is 9.88. The summed E-state index contributed by atoms with van der Waals surface area (Å²) < 4.78 is 0. The molecule has 0 bridgehead atoms. The molecular formula is C17H21N3. The van der Waals surface area contributed by atoms with Crippen molar-refractivity contribution in [3.05, 3.63) is 59.2 Å². The van der Waals surface area contributed by atoms with Crippen molar-refractivity contribution in [2.45, 2.75) is 45.2 Å². The molecule has 0 radical (unpaired) electrons. The van der Waals surface area contributed by atoms with Gasteiger partial charge >= 0.3 is 0 Å². The van der Waals surface area contributed by atoms with Crippen LogP contribution in [0.3, 0.4) is 0 Å². The molecule has 3 rings (SSSR count). The van der Waals surface area contributed by atoms with Gasteiger partial charge in [0.1, 0.15) is 0 Å². The van der Waals surface area contributed by atoms with Crippen LogP contribution in [0.1, 0.15) is 48.3 Å². The lowest BCUT2D eigenvalue weighted by atomic mass is 9.92. The topological polar surface area (TPSA) is 37.8 Å². The zero-order valence-electron chi connectivity index (χ0n) is 12.0. The van der Waals surface area contributed by atoms with Crippen LogP contribution in [0.15, 0.2) is 36.7 Å². The molecule has 2 aromatic rings. The molecule has 1 N–H and O–H groups in total. The molecule has 20 heavy (non-hydrogen) atoms. The molecule has 0 spiro atoms. The molecule has 0 fully saturated rings. The van der Waals surface area contributed by atoms with E-state index in [0.717, 1.165) is 31.5 Å². The molecule has 104 valence electrons. The van der Waals surface area contributed by atoms with E-state index in [-0.39, 0.29) is 0 Å². The van der Waals surface area contributed by atoms with Crippen molar-refractivity contribution in [2.24, 2.45) is 0 Å². The van der Waals surface area contributed by atoms with Gasteiger partial charge in [0.2, 0.25) is 0 Å². The van der Waals surface area contributed by atoms with Crippen molar-refractivity contribution in [3.63, 3.8) is 0 Å². The van der Waals surface area contributed by atoms with E-state index in [0.29, 0.717) is 6.04 Å². The normalized spacial score (nSPS) is 17.8. The van der Waals surface area contributed by atoms with Crippen LogP contribution >= 0.6 is 0 Å². The largest absolute Gasteiger partial charge is 0.303 e. The molecule has 1 aliphatic rings. The monoisotopic (exact) mass is 267 g/mol. The Hall–Kier alpha value is -1.74. The lowest BCUT2D eigenvalue weighted by molar-refractivity contribution is 0.444. The summed E-state index contributed by atoms with van der Waals surface area (Å²) in [5, 5.41) is 3.64. The molecule has 0 saturated heterocycles. The fourth-order valence-corrected chi connectivity index (χ4v) is 2.98. The molecule has 3 nitrogen and oxygen atoms in total. The van der Waals surface area contributed by atoms with Gasteiger partial charge in [-0.25, -0.2) is 0 Å². The maximum absolute atomic E-state index is 4.57. The third kappa shape index (κ3) is 2.73. The number of aryl methyl sites for hydroxylation is 2. The van der Waals surface area contributed by atoms with Crippen molar-refractivity contribution >= 4 is 0 Å². The molecule has 1 atom stereocenters. The van der Waals surface area contributed by atoms with Crippen LogP contribution in [0.5, 0.6) is 0 Å². The summed E-state index contributed by atoms with van der Waals surface area (Å²) in [5.41, 5.74) is 5.12. The lowest BCUT2D eigenvalue weighted by Crippen LogP contribution is -2.26. The van der Waals surface area contributed by atoms with Crippen LogP contribution < -0.4 is 5.32 Å². The van der Waals surface area contributed by atoms with Gasteiger partial charge in [-0.15, -0.1) is 0 Å². The van der Waals surface area contributed by atoms with E-state index in [4.69, 9.17) is 0 Å². The highest BCUT2D eigenvalue weighted by Gasteiger charge is 2.20. The highest BCUT2D eigenvalue weighted by Crippen LogP contribution is 2.27. The second-order valence-corrected chi connectivity index (χ2v) is 5.34. The van der Waals surface area contributed by atoms with Gasteiger partial charge in [-0.2, -0.15) is 0 Å². The van der Waals surface area contributed by atoms with Crippen LogP contribution in [-0.2, 0) is 19.4 Å². The Bertz CT molecular complexity index is 580. The second-order valence-electron chi connectivity index (χ2n) is 5.34. The lowest BCUT2D eigenvalue weighted by Gasteiger charge is -2.25. The molecule has 0 aromatic carbocycles. The summed E-state index contributed by atoms with van der Waals surface area (Å²) in [6, 6.07) is 8.78. The van der Waals surface area contributed by atoms with E-state index in [2.05, 4.69) is 34.3 Å². The number of fused-ring (bicyclic) bond motifs is 1. The van der Waals surface area contributed by atoms with Gasteiger partial charge in [-0.1, -0.05) is 19.1 Å². The molecule has 0 saturated carbocycles. The Labute approximate surface area is 120 Å². The third-order valence-corrected chi connectivity index (χ3v) is 4.08. The molecule has 2 aromatic heterocycles. The summed E-state index contributed by atoms with van der Waals surface area (Å²) in [6.07, 6.45) is 8.37. The van der Waals surface area contributed by atoms with Crippen LogP contribution in [-0.4, -0.2) is 9.97 Å². The van der Waals surface area contributed by atoms with Crippen molar-refractivity contribution in [2.75, 3.05) is 0 Å². The van der Waals surface area contributed by atoms with Gasteiger partial charge in [-0.05, 0) is 48.9 Å². The average Bonchev–Trinajstić information content (AvgIpc) is 2.53. The Balaban J connectivity index is 1.73. The molecule has 1 aliphatic carbocycles. The highest BCUT2D eigenvalue weighted by molar-refractivity contribution is 5.26. The first kappa shape index (κ1) is 13.3. The van der Waals surface area contributed by atoms with E-state index in [9.17, 15) is 0 Å². The zero-order chi connectivity index (χ0) is 13.8. The van der Waals surface area contributed by atoms with Crippen molar-refractivity contribution in [3.8, 4) is 0 Å². The van der Waals surface area contributed by atoms with Gasteiger partial charge < -0.3 is 5.32 Å². The van der Waals surface area contributed by atoms with Crippen molar-refractivity contribution in [1.82, 2.24) is 15.3 Å². The van der Waals surface area contributed by atoms with Crippen LogP contribution in [0.4, 0.5) is 0 Å². The van der Waals surface area contributed by atoms with Gasteiger partial charge in [0, 0.05) is 18.9 Å². The number of rotatable bonds is 4. The van der Waals surface area contributed by atoms with E-state index < -0.39 is 0 Å². The van der Waals surface area contributed by atoms with Crippen molar-refractivity contribution in [1.29, 1.82) is 0 Å². The summed E-state index contributed by atoms with van der Waals surface area (Å²) in [6.45, 7) is 3.00. The second kappa shape index (κ2) is 6.14. The SMILES string of the molecule is CCc1cccnc1CNC1CCCc2cccnc21. The maximum Gasteiger partial charge on any atom is 0.0605 e. The Kier molecular flexibility index (Phi) is 4.07. The standard InChI is InChI=1S/C17H21N3/c1-2-13-7-4-10-18-16(13)12-20-15-9-3-6-14-8-5-11-19-17(14)15/h4-5,7-8,10-11,15,20H,2-3,6,9,12H2,1H3. The minimum absolute atomic E-state index is 0.367. The van der Waals surface area contributed by atoms with E-state index >= 15 is 0 Å². The molecule has 3 heteroatoms. The van der Waals surface area contributed by atoms with Gasteiger partial charge in [0.15, 0.2) is 0 Å². The Morgan fingerprint density at radius 3 is 2.95 bits per heavy atom. The molecular weight excluding hydrogens is 246 g/mol. The number of hydrogen-bond donors (Lipinski definition) is 1. The minimum atomic E-state index is 0.367. The fourth-order valence-electron chi connectivity index (χ4n) is 2.98. The van der Waals surface area contributed by atoms with Crippen molar-refractivity contribution < 1.29 is 0 Å². The zero-order valence-corrected chi connectivity index (χ0v) is 12.0. The number of nitrogens with one attached hydrogen (secondary N) is 1. The van der Waals surface area contributed by atoms with E-state index in [1.54, 1.807) is 0 Å². The Morgan fingerprint density at radius 2 is 2.05 bits per heavy atom. The van der Waals surface area contributed by atoms with Crippen LogP contribution in [0.2, 0.25) is 0 Å². The highest BCUT2D eigenvalue weighted by atomic mass is 15.0. The van der Waals surface area contributed by atoms with Crippen LogP contribution in [0.25, 0.3) is 0 Å². The average molecular weight is 267 g/mol. The predicted molar refractivity (Wildman–Crippen MR) is 80.4 cm³/mol. The number of hydrogen-bond acceptors (Lipinski definition) is 3. The molecule has 1 unspecified atom stereocenters. The van der Waals surface area contributed by atoms with Crippen LogP contribution in [0, 0.1) is 0 Å². The number of pyridine rings is 2. The van der Waals surface area contributed by atoms with Gasteiger partial charge in [0.25, 0.3) is 0 Å². The quantitative estimate of drug-likeness (QED) is 0.924.